The zero-order chi connectivity index (χ0) is 20.2. The summed E-state index contributed by atoms with van der Waals surface area (Å²) in [6, 6.07) is 9.44. The number of likely N-dealkylation sites (N-methyl/N-ethyl adjacent to an activating group) is 1. The molecule has 3 aromatic rings. The monoisotopic (exact) mass is 391 g/mol. The number of piperidine rings is 1. The minimum Gasteiger partial charge on any atom is -0.340 e. The average molecular weight is 391 g/mol. The molecule has 0 saturated carbocycles. The van der Waals surface area contributed by atoms with Gasteiger partial charge in [0.1, 0.15) is 0 Å². The molecule has 1 saturated heterocycles. The quantitative estimate of drug-likeness (QED) is 0.670. The predicted molar refractivity (Wildman–Crippen MR) is 110 cm³/mol. The maximum absolute atomic E-state index is 13.1. The van der Waals surface area contributed by atoms with Gasteiger partial charge in [0.25, 0.3) is 11.8 Å². The standard InChI is InChI=1S/C22H25N5O2/c1-25(16-10-17-8-11-23-12-9-17)21(28)19-18-7-3-6-15-27(18)20(24-19)22(29)26-13-4-2-5-14-26/h3,6-9,11-12,15H,2,4-5,10,13-14,16H2,1H3. The van der Waals surface area contributed by atoms with Gasteiger partial charge >= 0.3 is 0 Å². The molecule has 0 radical (unpaired) electrons. The summed E-state index contributed by atoms with van der Waals surface area (Å²) in [6.45, 7) is 2.05. The highest BCUT2D eigenvalue weighted by Crippen LogP contribution is 2.18. The lowest BCUT2D eigenvalue weighted by molar-refractivity contribution is 0.0711. The molecule has 0 atom stereocenters. The van der Waals surface area contributed by atoms with E-state index >= 15 is 0 Å². The largest absolute Gasteiger partial charge is 0.340 e. The minimum atomic E-state index is -0.180. The van der Waals surface area contributed by atoms with Crippen LogP contribution in [0.3, 0.4) is 0 Å². The van der Waals surface area contributed by atoms with Crippen molar-refractivity contribution in [2.75, 3.05) is 26.7 Å². The van der Waals surface area contributed by atoms with Crippen molar-refractivity contribution in [1.82, 2.24) is 24.2 Å². The van der Waals surface area contributed by atoms with Crippen molar-refractivity contribution in [3.8, 4) is 0 Å². The van der Waals surface area contributed by atoms with Gasteiger partial charge in [-0.1, -0.05) is 6.07 Å². The number of rotatable bonds is 5. The molecule has 29 heavy (non-hydrogen) atoms. The van der Waals surface area contributed by atoms with E-state index in [1.54, 1.807) is 34.9 Å². The molecule has 0 bridgehead atoms. The molecular weight excluding hydrogens is 366 g/mol. The number of carbonyl (C=O) groups is 2. The lowest BCUT2D eigenvalue weighted by Gasteiger charge is -2.25. The first-order valence-electron chi connectivity index (χ1n) is 10.1. The second-order valence-electron chi connectivity index (χ2n) is 7.42. The van der Waals surface area contributed by atoms with E-state index < -0.39 is 0 Å². The number of fused-ring (bicyclic) bond motifs is 1. The topological polar surface area (TPSA) is 70.8 Å². The summed E-state index contributed by atoms with van der Waals surface area (Å²) in [5.41, 5.74) is 2.10. The van der Waals surface area contributed by atoms with Crippen molar-refractivity contribution in [3.05, 3.63) is 66.0 Å². The van der Waals surface area contributed by atoms with Crippen LogP contribution in [-0.4, -0.2) is 62.7 Å². The van der Waals surface area contributed by atoms with E-state index in [1.165, 1.54) is 0 Å². The number of pyridine rings is 2. The van der Waals surface area contributed by atoms with Gasteiger partial charge in [0, 0.05) is 45.3 Å². The smallest absolute Gasteiger partial charge is 0.290 e. The number of likely N-dealkylation sites (tertiary alicyclic amines) is 1. The van der Waals surface area contributed by atoms with Crippen LogP contribution < -0.4 is 0 Å². The van der Waals surface area contributed by atoms with Crippen LogP contribution in [0.25, 0.3) is 5.52 Å². The highest BCUT2D eigenvalue weighted by Gasteiger charge is 2.27. The normalized spacial score (nSPS) is 14.2. The highest BCUT2D eigenvalue weighted by molar-refractivity contribution is 6.02. The van der Waals surface area contributed by atoms with Crippen molar-refractivity contribution in [2.24, 2.45) is 0 Å². The Morgan fingerprint density at radius 3 is 2.59 bits per heavy atom. The Morgan fingerprint density at radius 2 is 1.83 bits per heavy atom. The summed E-state index contributed by atoms with van der Waals surface area (Å²) < 4.78 is 1.74. The number of carbonyl (C=O) groups excluding carboxylic acids is 2. The Hall–Kier alpha value is -3.22. The zero-order valence-electron chi connectivity index (χ0n) is 16.6. The molecule has 0 spiro atoms. The summed E-state index contributed by atoms with van der Waals surface area (Å²) in [5, 5.41) is 0. The summed E-state index contributed by atoms with van der Waals surface area (Å²) in [6.07, 6.45) is 9.20. The lowest BCUT2D eigenvalue weighted by atomic mass is 10.1. The summed E-state index contributed by atoms with van der Waals surface area (Å²) >= 11 is 0. The Labute approximate surface area is 170 Å². The van der Waals surface area contributed by atoms with Gasteiger partial charge in [0.15, 0.2) is 5.69 Å². The van der Waals surface area contributed by atoms with Gasteiger partial charge in [-0.05, 0) is 55.5 Å². The molecule has 4 rings (SSSR count). The fourth-order valence-corrected chi connectivity index (χ4v) is 3.71. The summed E-state index contributed by atoms with van der Waals surface area (Å²) in [4.78, 5) is 38.2. The zero-order valence-corrected chi connectivity index (χ0v) is 16.6. The van der Waals surface area contributed by atoms with E-state index in [9.17, 15) is 9.59 Å². The van der Waals surface area contributed by atoms with Gasteiger partial charge in [-0.3, -0.25) is 19.0 Å². The molecule has 3 aromatic heterocycles. The van der Waals surface area contributed by atoms with Crippen molar-refractivity contribution in [1.29, 1.82) is 0 Å². The minimum absolute atomic E-state index is 0.107. The van der Waals surface area contributed by atoms with E-state index in [2.05, 4.69) is 9.97 Å². The second-order valence-corrected chi connectivity index (χ2v) is 7.42. The third-order valence-corrected chi connectivity index (χ3v) is 5.42. The van der Waals surface area contributed by atoms with Crippen molar-refractivity contribution in [3.63, 3.8) is 0 Å². The Morgan fingerprint density at radius 1 is 1.07 bits per heavy atom. The molecule has 1 aliphatic heterocycles. The Balaban J connectivity index is 1.58. The molecule has 1 fully saturated rings. The lowest BCUT2D eigenvalue weighted by Crippen LogP contribution is -2.36. The number of hydrogen-bond donors (Lipinski definition) is 0. The van der Waals surface area contributed by atoms with Gasteiger partial charge in [-0.2, -0.15) is 0 Å². The molecule has 150 valence electrons. The van der Waals surface area contributed by atoms with E-state index in [1.807, 2.05) is 35.2 Å². The van der Waals surface area contributed by atoms with Gasteiger partial charge < -0.3 is 9.80 Å². The summed E-state index contributed by atoms with van der Waals surface area (Å²) in [7, 11) is 1.77. The Kier molecular flexibility index (Phi) is 5.55. The molecule has 0 aromatic carbocycles. The van der Waals surface area contributed by atoms with Crippen LogP contribution in [0.15, 0.2) is 48.9 Å². The maximum atomic E-state index is 13.1. The molecule has 1 aliphatic rings. The number of imidazole rings is 1. The molecule has 0 unspecified atom stereocenters. The molecule has 7 heteroatoms. The third-order valence-electron chi connectivity index (χ3n) is 5.42. The first-order chi connectivity index (χ1) is 14.1. The number of aromatic nitrogens is 3. The van der Waals surface area contributed by atoms with Crippen LogP contribution in [-0.2, 0) is 6.42 Å². The van der Waals surface area contributed by atoms with Gasteiger partial charge in [-0.15, -0.1) is 0 Å². The summed E-state index contributed by atoms with van der Waals surface area (Å²) in [5.74, 6) is 0.0261. The van der Waals surface area contributed by atoms with Crippen LogP contribution in [0.1, 0.15) is 45.9 Å². The highest BCUT2D eigenvalue weighted by atomic mass is 16.2. The van der Waals surface area contributed by atoms with Crippen molar-refractivity contribution in [2.45, 2.75) is 25.7 Å². The van der Waals surface area contributed by atoms with E-state index in [-0.39, 0.29) is 11.8 Å². The fraction of sp³-hybridized carbons (Fsp3) is 0.364. The van der Waals surface area contributed by atoms with Crippen LogP contribution in [0.2, 0.25) is 0 Å². The number of amides is 2. The molecular formula is C22H25N5O2. The van der Waals surface area contributed by atoms with Crippen LogP contribution in [0, 0.1) is 0 Å². The fourth-order valence-electron chi connectivity index (χ4n) is 3.71. The van der Waals surface area contributed by atoms with Crippen LogP contribution >= 0.6 is 0 Å². The SMILES string of the molecule is CN(CCc1ccncc1)C(=O)c1nc(C(=O)N2CCCCC2)n2ccccc12. The van der Waals surface area contributed by atoms with Crippen molar-refractivity contribution >= 4 is 17.3 Å². The number of nitrogens with zero attached hydrogens (tertiary/aromatic N) is 5. The van der Waals surface area contributed by atoms with E-state index in [0.29, 0.717) is 23.6 Å². The predicted octanol–water partition coefficient (Wildman–Crippen LogP) is 2.67. The Bertz CT molecular complexity index is 1010. The molecule has 2 amide bonds. The van der Waals surface area contributed by atoms with Crippen molar-refractivity contribution < 1.29 is 9.59 Å². The number of hydrogen-bond acceptors (Lipinski definition) is 4. The molecule has 7 nitrogen and oxygen atoms in total. The molecule has 0 N–H and O–H groups in total. The van der Waals surface area contributed by atoms with E-state index in [0.717, 1.165) is 44.3 Å². The van der Waals surface area contributed by atoms with Gasteiger partial charge in [0.2, 0.25) is 5.82 Å². The maximum Gasteiger partial charge on any atom is 0.290 e. The third kappa shape index (κ3) is 3.99. The molecule has 0 aliphatic carbocycles. The van der Waals surface area contributed by atoms with Gasteiger partial charge in [0.05, 0.1) is 5.52 Å². The second kappa shape index (κ2) is 8.43. The first kappa shape index (κ1) is 19.1. The molecule has 4 heterocycles. The first-order valence-corrected chi connectivity index (χ1v) is 10.1. The van der Waals surface area contributed by atoms with Crippen LogP contribution in [0.5, 0.6) is 0 Å². The van der Waals surface area contributed by atoms with Gasteiger partial charge in [-0.25, -0.2) is 4.98 Å². The van der Waals surface area contributed by atoms with Crippen LogP contribution in [0.4, 0.5) is 0 Å². The van der Waals surface area contributed by atoms with E-state index in [4.69, 9.17) is 0 Å². The average Bonchev–Trinajstić information content (AvgIpc) is 3.17.